The fourth-order valence-electron chi connectivity index (χ4n) is 1.33. The summed E-state index contributed by atoms with van der Waals surface area (Å²) in [7, 11) is 0. The number of hydrogen-bond acceptors (Lipinski definition) is 4. The van der Waals surface area contributed by atoms with E-state index in [1.54, 1.807) is 12.3 Å². The lowest BCUT2D eigenvalue weighted by Crippen LogP contribution is -2.18. The fourth-order valence-corrected chi connectivity index (χ4v) is 1.33. The first-order chi connectivity index (χ1) is 8.15. The van der Waals surface area contributed by atoms with E-state index >= 15 is 0 Å². The Bertz CT molecular complexity index is 378. The van der Waals surface area contributed by atoms with Crippen molar-refractivity contribution in [2.75, 3.05) is 6.61 Å². The van der Waals surface area contributed by atoms with E-state index in [1.165, 1.54) is 0 Å². The van der Waals surface area contributed by atoms with Crippen molar-refractivity contribution in [1.82, 2.24) is 4.98 Å². The SMILES string of the molecule is CC(C)CCOCc1cccnc1/C(N)=N/O. The number of ether oxygens (including phenoxy) is 1. The Morgan fingerprint density at radius 1 is 1.59 bits per heavy atom. The minimum Gasteiger partial charge on any atom is -0.409 e. The van der Waals surface area contributed by atoms with Crippen LogP contribution in [0, 0.1) is 5.92 Å². The highest BCUT2D eigenvalue weighted by Gasteiger charge is 2.08. The summed E-state index contributed by atoms with van der Waals surface area (Å²) >= 11 is 0. The quantitative estimate of drug-likeness (QED) is 0.259. The number of amidine groups is 1. The van der Waals surface area contributed by atoms with E-state index in [-0.39, 0.29) is 5.84 Å². The molecule has 1 rings (SSSR count). The second-order valence-corrected chi connectivity index (χ2v) is 4.23. The lowest BCUT2D eigenvalue weighted by Gasteiger charge is -2.09. The van der Waals surface area contributed by atoms with Gasteiger partial charge in [-0.2, -0.15) is 0 Å². The smallest absolute Gasteiger partial charge is 0.189 e. The van der Waals surface area contributed by atoms with Gasteiger partial charge < -0.3 is 15.7 Å². The minimum absolute atomic E-state index is 0.00746. The number of nitrogens with two attached hydrogens (primary N) is 1. The van der Waals surface area contributed by atoms with Gasteiger partial charge in [-0.05, 0) is 18.4 Å². The van der Waals surface area contributed by atoms with Gasteiger partial charge in [0.1, 0.15) is 5.69 Å². The van der Waals surface area contributed by atoms with Crippen LogP contribution in [0.5, 0.6) is 0 Å². The molecule has 5 heteroatoms. The highest BCUT2D eigenvalue weighted by molar-refractivity contribution is 5.96. The van der Waals surface area contributed by atoms with Crippen LogP contribution in [0.15, 0.2) is 23.5 Å². The zero-order valence-electron chi connectivity index (χ0n) is 10.3. The van der Waals surface area contributed by atoms with E-state index in [2.05, 4.69) is 24.0 Å². The summed E-state index contributed by atoms with van der Waals surface area (Å²) in [6, 6.07) is 3.66. The van der Waals surface area contributed by atoms with Crippen LogP contribution in [0.2, 0.25) is 0 Å². The van der Waals surface area contributed by atoms with Crippen LogP contribution in [-0.2, 0) is 11.3 Å². The molecule has 1 heterocycles. The predicted octanol–water partition coefficient (Wildman–Crippen LogP) is 1.74. The Kier molecular flexibility index (Phi) is 5.42. The van der Waals surface area contributed by atoms with Gasteiger partial charge in [0, 0.05) is 18.4 Å². The maximum atomic E-state index is 8.64. The molecular formula is C12H19N3O2. The van der Waals surface area contributed by atoms with Crippen molar-refractivity contribution in [2.45, 2.75) is 26.9 Å². The van der Waals surface area contributed by atoms with Gasteiger partial charge in [-0.25, -0.2) is 0 Å². The van der Waals surface area contributed by atoms with Gasteiger partial charge in [-0.15, -0.1) is 0 Å². The molecular weight excluding hydrogens is 218 g/mol. The second-order valence-electron chi connectivity index (χ2n) is 4.23. The van der Waals surface area contributed by atoms with Crippen molar-refractivity contribution in [2.24, 2.45) is 16.8 Å². The van der Waals surface area contributed by atoms with Gasteiger partial charge in [0.05, 0.1) is 6.61 Å². The normalized spacial score (nSPS) is 12.1. The van der Waals surface area contributed by atoms with Crippen molar-refractivity contribution in [3.05, 3.63) is 29.6 Å². The molecule has 0 aliphatic heterocycles. The van der Waals surface area contributed by atoms with Crippen LogP contribution >= 0.6 is 0 Å². The molecule has 5 nitrogen and oxygen atoms in total. The molecule has 0 aliphatic rings. The third-order valence-electron chi connectivity index (χ3n) is 2.34. The topological polar surface area (TPSA) is 80.7 Å². The van der Waals surface area contributed by atoms with Gasteiger partial charge in [0.2, 0.25) is 0 Å². The molecule has 0 fully saturated rings. The standard InChI is InChI=1S/C12H19N3O2/c1-9(2)5-7-17-8-10-4-3-6-14-11(10)12(13)15-16/h3-4,6,9,16H,5,7-8H2,1-2H3,(H2,13,15). The van der Waals surface area contributed by atoms with Crippen LogP contribution in [0.4, 0.5) is 0 Å². The van der Waals surface area contributed by atoms with Gasteiger partial charge in [-0.3, -0.25) is 4.98 Å². The Labute approximate surface area is 101 Å². The summed E-state index contributed by atoms with van der Waals surface area (Å²) < 4.78 is 5.53. The Hall–Kier alpha value is -1.62. The van der Waals surface area contributed by atoms with Crippen LogP contribution in [0.25, 0.3) is 0 Å². The maximum absolute atomic E-state index is 8.64. The summed E-state index contributed by atoms with van der Waals surface area (Å²) in [4.78, 5) is 4.07. The first-order valence-corrected chi connectivity index (χ1v) is 5.64. The molecule has 3 N–H and O–H groups in total. The van der Waals surface area contributed by atoms with Gasteiger partial charge in [0.25, 0.3) is 0 Å². The molecule has 17 heavy (non-hydrogen) atoms. The van der Waals surface area contributed by atoms with Gasteiger partial charge in [0.15, 0.2) is 5.84 Å². The van der Waals surface area contributed by atoms with Crippen molar-refractivity contribution in [1.29, 1.82) is 0 Å². The molecule has 0 saturated heterocycles. The molecule has 1 aromatic heterocycles. The third kappa shape index (κ3) is 4.40. The summed E-state index contributed by atoms with van der Waals surface area (Å²) in [5, 5.41) is 11.6. The number of aromatic nitrogens is 1. The third-order valence-corrected chi connectivity index (χ3v) is 2.34. The molecule has 0 unspecified atom stereocenters. The minimum atomic E-state index is 0.00746. The molecule has 0 aliphatic carbocycles. The largest absolute Gasteiger partial charge is 0.409 e. The van der Waals surface area contributed by atoms with Crippen LogP contribution in [-0.4, -0.2) is 22.6 Å². The molecule has 0 bridgehead atoms. The Balaban J connectivity index is 2.58. The summed E-state index contributed by atoms with van der Waals surface area (Å²) in [6.45, 7) is 5.42. The van der Waals surface area contributed by atoms with E-state index in [0.717, 1.165) is 12.0 Å². The molecule has 0 amide bonds. The van der Waals surface area contributed by atoms with E-state index in [0.29, 0.717) is 24.8 Å². The van der Waals surface area contributed by atoms with E-state index in [9.17, 15) is 0 Å². The first-order valence-electron chi connectivity index (χ1n) is 5.64. The number of rotatable bonds is 6. The molecule has 0 aromatic carbocycles. The summed E-state index contributed by atoms with van der Waals surface area (Å²) in [5.74, 6) is 0.625. The Morgan fingerprint density at radius 3 is 3.00 bits per heavy atom. The van der Waals surface area contributed by atoms with Crippen LogP contribution in [0.3, 0.4) is 0 Å². The first kappa shape index (κ1) is 13.4. The van der Waals surface area contributed by atoms with Crippen molar-refractivity contribution < 1.29 is 9.94 Å². The molecule has 0 saturated carbocycles. The number of oxime groups is 1. The van der Waals surface area contributed by atoms with E-state index < -0.39 is 0 Å². The van der Waals surface area contributed by atoms with E-state index in [4.69, 9.17) is 15.7 Å². The Morgan fingerprint density at radius 2 is 2.35 bits per heavy atom. The molecule has 1 aromatic rings. The highest BCUT2D eigenvalue weighted by atomic mass is 16.5. The van der Waals surface area contributed by atoms with Crippen LogP contribution in [0.1, 0.15) is 31.5 Å². The van der Waals surface area contributed by atoms with E-state index in [1.807, 2.05) is 6.07 Å². The second kappa shape index (κ2) is 6.85. The number of nitrogens with zero attached hydrogens (tertiary/aromatic N) is 2. The lowest BCUT2D eigenvalue weighted by molar-refractivity contribution is 0.110. The van der Waals surface area contributed by atoms with Crippen molar-refractivity contribution in [3.8, 4) is 0 Å². The molecule has 0 spiro atoms. The maximum Gasteiger partial charge on any atom is 0.189 e. The zero-order chi connectivity index (χ0) is 12.7. The monoisotopic (exact) mass is 237 g/mol. The summed E-state index contributed by atoms with van der Waals surface area (Å²) in [6.07, 6.45) is 2.62. The molecule has 0 radical (unpaired) electrons. The molecule has 0 atom stereocenters. The highest BCUT2D eigenvalue weighted by Crippen LogP contribution is 2.08. The van der Waals surface area contributed by atoms with Crippen molar-refractivity contribution >= 4 is 5.84 Å². The number of pyridine rings is 1. The van der Waals surface area contributed by atoms with Gasteiger partial charge >= 0.3 is 0 Å². The fraction of sp³-hybridized carbons (Fsp3) is 0.500. The zero-order valence-corrected chi connectivity index (χ0v) is 10.3. The lowest BCUT2D eigenvalue weighted by atomic mass is 10.1. The molecule has 94 valence electrons. The average Bonchev–Trinajstić information content (AvgIpc) is 2.34. The average molecular weight is 237 g/mol. The van der Waals surface area contributed by atoms with Crippen LogP contribution < -0.4 is 5.73 Å². The van der Waals surface area contributed by atoms with Crippen molar-refractivity contribution in [3.63, 3.8) is 0 Å². The number of hydrogen-bond donors (Lipinski definition) is 2. The van der Waals surface area contributed by atoms with Gasteiger partial charge in [-0.1, -0.05) is 25.1 Å². The predicted molar refractivity (Wildman–Crippen MR) is 65.9 cm³/mol. The summed E-state index contributed by atoms with van der Waals surface area (Å²) in [5.41, 5.74) is 6.83.